The third kappa shape index (κ3) is 6.91. The van der Waals surface area contributed by atoms with Crippen LogP contribution in [0.3, 0.4) is 0 Å². The Hall–Kier alpha value is -2.27. The maximum atomic E-state index is 13.3. The average molecular weight is 544 g/mol. The molecule has 1 aromatic heterocycles. The molecule has 0 unspecified atom stereocenters. The number of methoxy groups -OCH3 is 1. The molecule has 0 bridgehead atoms. The van der Waals surface area contributed by atoms with Crippen LogP contribution in [0.4, 0.5) is 9.52 Å². The van der Waals surface area contributed by atoms with Crippen molar-refractivity contribution in [2.75, 3.05) is 43.9 Å². The molecule has 7 nitrogen and oxygen atoms in total. The number of hydrogen-bond acceptors (Lipinski definition) is 7. The lowest BCUT2D eigenvalue weighted by molar-refractivity contribution is -0.118. The first-order valence-electron chi connectivity index (χ1n) is 11.1. The zero-order valence-electron chi connectivity index (χ0n) is 20.3. The summed E-state index contributed by atoms with van der Waals surface area (Å²) in [6.45, 7) is 8.77. The number of ether oxygens (including phenoxy) is 1. The third-order valence-electron chi connectivity index (χ3n) is 5.74. The summed E-state index contributed by atoms with van der Waals surface area (Å²) in [7, 11) is -2.16. The van der Waals surface area contributed by atoms with Crippen molar-refractivity contribution in [3.8, 4) is 5.75 Å². The van der Waals surface area contributed by atoms with E-state index >= 15 is 0 Å². The van der Waals surface area contributed by atoms with Crippen molar-refractivity contribution in [1.29, 1.82) is 0 Å². The number of carbonyl (C=O) groups excluding carboxylic acids is 1. The Balaban J connectivity index is 0.00000432. The molecule has 0 fully saturated rings. The van der Waals surface area contributed by atoms with Crippen molar-refractivity contribution in [1.82, 2.24) is 9.88 Å². The zero-order valence-corrected chi connectivity index (χ0v) is 22.7. The minimum atomic E-state index is -3.73. The molecule has 0 aliphatic heterocycles. The van der Waals surface area contributed by atoms with Gasteiger partial charge in [0.15, 0.2) is 15.0 Å². The van der Waals surface area contributed by atoms with Gasteiger partial charge in [-0.3, -0.25) is 9.69 Å². The number of thiazole rings is 1. The monoisotopic (exact) mass is 543 g/mol. The Labute approximate surface area is 216 Å². The number of amides is 1. The summed E-state index contributed by atoms with van der Waals surface area (Å²) in [5, 5.41) is 0.513. The molecule has 192 valence electrons. The molecule has 1 amide bonds. The van der Waals surface area contributed by atoms with Gasteiger partial charge in [0.25, 0.3) is 0 Å². The van der Waals surface area contributed by atoms with Gasteiger partial charge in [-0.1, -0.05) is 31.3 Å². The molecule has 0 atom stereocenters. The van der Waals surface area contributed by atoms with Gasteiger partial charge in [0.05, 0.1) is 22.5 Å². The first-order chi connectivity index (χ1) is 16.2. The van der Waals surface area contributed by atoms with Crippen LogP contribution in [0.1, 0.15) is 25.8 Å². The van der Waals surface area contributed by atoms with Crippen molar-refractivity contribution in [2.24, 2.45) is 0 Å². The number of benzene rings is 2. The Kier molecular flexibility index (Phi) is 10.4. The summed E-state index contributed by atoms with van der Waals surface area (Å²) in [6.07, 6.45) is -0.204. The van der Waals surface area contributed by atoms with Crippen LogP contribution in [0.15, 0.2) is 41.3 Å². The van der Waals surface area contributed by atoms with Gasteiger partial charge in [0.1, 0.15) is 17.1 Å². The summed E-state index contributed by atoms with van der Waals surface area (Å²) < 4.78 is 45.0. The number of nitrogens with zero attached hydrogens (tertiary/aromatic N) is 3. The average Bonchev–Trinajstić information content (AvgIpc) is 3.27. The normalized spacial score (nSPS) is 11.5. The van der Waals surface area contributed by atoms with Crippen molar-refractivity contribution in [2.45, 2.75) is 32.1 Å². The third-order valence-corrected chi connectivity index (χ3v) is 8.68. The van der Waals surface area contributed by atoms with Gasteiger partial charge < -0.3 is 9.64 Å². The highest BCUT2D eigenvalue weighted by molar-refractivity contribution is 7.91. The summed E-state index contributed by atoms with van der Waals surface area (Å²) in [5.74, 6) is -0.585. The van der Waals surface area contributed by atoms with Gasteiger partial charge in [-0.05, 0) is 55.9 Å². The second-order valence-electron chi connectivity index (χ2n) is 7.85. The van der Waals surface area contributed by atoms with Crippen molar-refractivity contribution < 1.29 is 22.3 Å². The topological polar surface area (TPSA) is 79.8 Å². The molecule has 3 aromatic rings. The zero-order chi connectivity index (χ0) is 24.9. The predicted molar refractivity (Wildman–Crippen MR) is 141 cm³/mol. The highest BCUT2D eigenvalue weighted by atomic mass is 35.5. The van der Waals surface area contributed by atoms with E-state index in [0.29, 0.717) is 29.5 Å². The lowest BCUT2D eigenvalue weighted by atomic mass is 10.2. The highest BCUT2D eigenvalue weighted by Gasteiger charge is 2.24. The summed E-state index contributed by atoms with van der Waals surface area (Å²) in [4.78, 5) is 21.8. The number of anilines is 1. The van der Waals surface area contributed by atoms with Crippen LogP contribution in [0, 0.1) is 12.7 Å². The van der Waals surface area contributed by atoms with Crippen LogP contribution < -0.4 is 9.64 Å². The van der Waals surface area contributed by atoms with Gasteiger partial charge in [0, 0.05) is 19.5 Å². The molecule has 0 spiro atoms. The Bertz CT molecular complexity index is 1250. The van der Waals surface area contributed by atoms with Crippen LogP contribution in [0.5, 0.6) is 5.75 Å². The lowest BCUT2D eigenvalue weighted by Gasteiger charge is -2.24. The van der Waals surface area contributed by atoms with E-state index in [1.54, 1.807) is 12.0 Å². The van der Waals surface area contributed by atoms with Gasteiger partial charge >= 0.3 is 0 Å². The smallest absolute Gasteiger partial charge is 0.229 e. The minimum Gasteiger partial charge on any atom is -0.494 e. The number of rotatable bonds is 11. The van der Waals surface area contributed by atoms with Crippen LogP contribution in [-0.4, -0.2) is 63.3 Å². The molecule has 35 heavy (non-hydrogen) atoms. The first kappa shape index (κ1) is 29.0. The fourth-order valence-corrected chi connectivity index (χ4v) is 5.93. The van der Waals surface area contributed by atoms with Crippen LogP contribution >= 0.6 is 23.7 Å². The molecular formula is C24H31ClFN3O4S2. The second kappa shape index (κ2) is 12.6. The van der Waals surface area contributed by atoms with Crippen LogP contribution in [0.2, 0.25) is 0 Å². The number of aromatic nitrogens is 1. The van der Waals surface area contributed by atoms with Crippen LogP contribution in [0.25, 0.3) is 10.2 Å². The van der Waals surface area contributed by atoms with E-state index in [1.165, 1.54) is 23.5 Å². The standard InChI is InChI=1S/C24H30FN3O4S2.ClH/c1-5-27(6-2)14-15-28(24-26-22-20(32-4)12-7-17(3)23(22)33-24)21(29)13-16-34(30,31)19-10-8-18(25)9-11-19;/h7-12H,5-6,13-16H2,1-4H3;1H. The molecule has 2 aromatic carbocycles. The van der Waals surface area contributed by atoms with Crippen molar-refractivity contribution in [3.05, 3.63) is 47.8 Å². The van der Waals surface area contributed by atoms with E-state index in [-0.39, 0.29) is 35.4 Å². The number of carbonyl (C=O) groups is 1. The maximum absolute atomic E-state index is 13.3. The maximum Gasteiger partial charge on any atom is 0.229 e. The Morgan fingerprint density at radius 2 is 1.74 bits per heavy atom. The minimum absolute atomic E-state index is 0. The molecule has 0 saturated heterocycles. The molecule has 0 aliphatic rings. The Morgan fingerprint density at radius 1 is 1.09 bits per heavy atom. The van der Waals surface area contributed by atoms with E-state index in [9.17, 15) is 17.6 Å². The summed E-state index contributed by atoms with van der Waals surface area (Å²) in [6, 6.07) is 8.43. The highest BCUT2D eigenvalue weighted by Crippen LogP contribution is 2.36. The van der Waals surface area contributed by atoms with E-state index in [0.717, 1.165) is 35.5 Å². The van der Waals surface area contributed by atoms with Crippen molar-refractivity contribution >= 4 is 54.8 Å². The number of halogens is 2. The van der Waals surface area contributed by atoms with Gasteiger partial charge in [-0.25, -0.2) is 17.8 Å². The Morgan fingerprint density at radius 3 is 2.34 bits per heavy atom. The number of likely N-dealkylation sites (N-methyl/N-ethyl adjacent to an activating group) is 1. The number of hydrogen-bond donors (Lipinski definition) is 0. The van der Waals surface area contributed by atoms with Gasteiger partial charge in [0.2, 0.25) is 5.91 Å². The first-order valence-corrected chi connectivity index (χ1v) is 13.6. The molecule has 0 N–H and O–H groups in total. The number of fused-ring (bicyclic) bond motifs is 1. The quantitative estimate of drug-likeness (QED) is 0.326. The fraction of sp³-hybridized carbons (Fsp3) is 0.417. The van der Waals surface area contributed by atoms with Gasteiger partial charge in [-0.2, -0.15) is 0 Å². The van der Waals surface area contributed by atoms with E-state index < -0.39 is 15.7 Å². The van der Waals surface area contributed by atoms with Gasteiger partial charge in [-0.15, -0.1) is 12.4 Å². The van der Waals surface area contributed by atoms with E-state index in [2.05, 4.69) is 18.7 Å². The molecule has 3 rings (SSSR count). The molecule has 0 aliphatic carbocycles. The largest absolute Gasteiger partial charge is 0.494 e. The van der Waals surface area contributed by atoms with E-state index in [4.69, 9.17) is 9.72 Å². The summed E-state index contributed by atoms with van der Waals surface area (Å²) in [5.41, 5.74) is 1.71. The van der Waals surface area contributed by atoms with Crippen molar-refractivity contribution in [3.63, 3.8) is 0 Å². The molecule has 1 heterocycles. The summed E-state index contributed by atoms with van der Waals surface area (Å²) >= 11 is 1.39. The number of aryl methyl sites for hydroxylation is 1. The number of sulfone groups is 1. The predicted octanol–water partition coefficient (Wildman–Crippen LogP) is 4.71. The molecule has 0 radical (unpaired) electrons. The SMILES string of the molecule is CCN(CC)CCN(C(=O)CCS(=O)(=O)c1ccc(F)cc1)c1nc2c(OC)ccc(C)c2s1.Cl. The van der Waals surface area contributed by atoms with Crippen LogP contribution in [-0.2, 0) is 14.6 Å². The lowest BCUT2D eigenvalue weighted by Crippen LogP contribution is -2.39. The molecule has 0 saturated carbocycles. The second-order valence-corrected chi connectivity index (χ2v) is 10.9. The molecule has 11 heteroatoms. The van der Waals surface area contributed by atoms with E-state index in [1.807, 2.05) is 19.1 Å². The molecular weight excluding hydrogens is 513 g/mol. The fourth-order valence-electron chi connectivity index (χ4n) is 3.60.